The third kappa shape index (κ3) is 4.01. The van der Waals surface area contributed by atoms with Crippen molar-refractivity contribution >= 4 is 33.2 Å². The van der Waals surface area contributed by atoms with Gasteiger partial charge in [0.25, 0.3) is 0 Å². The molecule has 2 aromatic rings. The van der Waals surface area contributed by atoms with Crippen molar-refractivity contribution in [1.82, 2.24) is 4.72 Å². The Morgan fingerprint density at radius 1 is 1.23 bits per heavy atom. The predicted octanol–water partition coefficient (Wildman–Crippen LogP) is 1.11. The minimum Gasteiger partial charge on any atom is -0.497 e. The number of carbonyl (C=O) groups excluding carboxylic acids is 2. The Labute approximate surface area is 150 Å². The van der Waals surface area contributed by atoms with Crippen molar-refractivity contribution in [2.75, 3.05) is 24.3 Å². The van der Waals surface area contributed by atoms with Crippen molar-refractivity contribution in [1.29, 1.82) is 0 Å². The molecular formula is C17H17N3O5S. The summed E-state index contributed by atoms with van der Waals surface area (Å²) in [5.41, 5.74) is 1.71. The van der Waals surface area contributed by atoms with Crippen molar-refractivity contribution in [3.8, 4) is 5.75 Å². The van der Waals surface area contributed by atoms with Crippen LogP contribution in [0.15, 0.2) is 47.4 Å². The number of ether oxygens (including phenoxy) is 1. The van der Waals surface area contributed by atoms with E-state index < -0.39 is 22.5 Å². The molecule has 1 heterocycles. The fourth-order valence-electron chi connectivity index (χ4n) is 2.52. The van der Waals surface area contributed by atoms with Crippen LogP contribution in [0.5, 0.6) is 5.75 Å². The van der Waals surface area contributed by atoms with Crippen LogP contribution < -0.4 is 20.1 Å². The molecule has 26 heavy (non-hydrogen) atoms. The first-order valence-corrected chi connectivity index (χ1v) is 9.22. The first-order chi connectivity index (χ1) is 12.4. The largest absolute Gasteiger partial charge is 0.497 e. The first-order valence-electron chi connectivity index (χ1n) is 7.74. The Kier molecular flexibility index (Phi) is 4.92. The van der Waals surface area contributed by atoms with E-state index in [1.165, 1.54) is 25.3 Å². The molecule has 0 unspecified atom stereocenters. The average Bonchev–Trinajstić information content (AvgIpc) is 2.99. The lowest BCUT2D eigenvalue weighted by Gasteiger charge is -2.09. The molecular weight excluding hydrogens is 358 g/mol. The van der Waals surface area contributed by atoms with Crippen LogP contribution in [-0.2, 0) is 26.0 Å². The maximum atomic E-state index is 12.4. The molecule has 0 atom stereocenters. The maximum absolute atomic E-state index is 12.4. The van der Waals surface area contributed by atoms with Gasteiger partial charge < -0.3 is 15.4 Å². The number of methoxy groups -OCH3 is 1. The number of benzene rings is 2. The zero-order valence-electron chi connectivity index (χ0n) is 13.9. The highest BCUT2D eigenvalue weighted by molar-refractivity contribution is 7.89. The van der Waals surface area contributed by atoms with E-state index in [1.54, 1.807) is 24.3 Å². The number of amides is 2. The van der Waals surface area contributed by atoms with Gasteiger partial charge in [0.05, 0.1) is 25.0 Å². The molecule has 0 aliphatic carbocycles. The van der Waals surface area contributed by atoms with Gasteiger partial charge in [0.15, 0.2) is 0 Å². The van der Waals surface area contributed by atoms with Crippen LogP contribution in [0.2, 0.25) is 0 Å². The molecule has 0 fully saturated rings. The number of rotatable bonds is 6. The van der Waals surface area contributed by atoms with Gasteiger partial charge in [0.2, 0.25) is 21.8 Å². The molecule has 9 heteroatoms. The van der Waals surface area contributed by atoms with E-state index >= 15 is 0 Å². The first kappa shape index (κ1) is 17.9. The number of anilines is 2. The molecule has 1 aliphatic heterocycles. The number of fused-ring (bicyclic) bond motifs is 1. The Hall–Kier alpha value is -2.91. The summed E-state index contributed by atoms with van der Waals surface area (Å²) < 4.78 is 32.0. The second-order valence-corrected chi connectivity index (χ2v) is 7.42. The topological polar surface area (TPSA) is 114 Å². The summed E-state index contributed by atoms with van der Waals surface area (Å²) >= 11 is 0. The van der Waals surface area contributed by atoms with Crippen LogP contribution >= 0.6 is 0 Å². The van der Waals surface area contributed by atoms with Crippen molar-refractivity contribution in [3.63, 3.8) is 0 Å². The Morgan fingerprint density at radius 3 is 2.81 bits per heavy atom. The highest BCUT2D eigenvalue weighted by Crippen LogP contribution is 2.25. The van der Waals surface area contributed by atoms with E-state index in [2.05, 4.69) is 15.4 Å². The number of carbonyl (C=O) groups is 2. The zero-order chi connectivity index (χ0) is 18.7. The van der Waals surface area contributed by atoms with Crippen LogP contribution in [0.1, 0.15) is 5.56 Å². The van der Waals surface area contributed by atoms with Crippen LogP contribution in [0, 0.1) is 0 Å². The normalized spacial score (nSPS) is 13.0. The van der Waals surface area contributed by atoms with E-state index in [4.69, 9.17) is 4.74 Å². The second kappa shape index (κ2) is 7.14. The Morgan fingerprint density at radius 2 is 2.04 bits per heavy atom. The monoisotopic (exact) mass is 375 g/mol. The SMILES string of the molecule is COc1cccc(NC(=O)CNS(=O)(=O)c2ccc3c(c2)CC(=O)N3)c1. The summed E-state index contributed by atoms with van der Waals surface area (Å²) in [5.74, 6) is -0.121. The lowest BCUT2D eigenvalue weighted by atomic mass is 10.2. The van der Waals surface area contributed by atoms with Crippen LogP contribution in [-0.4, -0.2) is 33.9 Å². The minimum atomic E-state index is -3.87. The van der Waals surface area contributed by atoms with Gasteiger partial charge in [-0.05, 0) is 35.9 Å². The van der Waals surface area contributed by atoms with Crippen LogP contribution in [0.4, 0.5) is 11.4 Å². The summed E-state index contributed by atoms with van der Waals surface area (Å²) in [6, 6.07) is 11.1. The van der Waals surface area contributed by atoms with E-state index in [0.717, 1.165) is 0 Å². The van der Waals surface area contributed by atoms with Gasteiger partial charge in [-0.15, -0.1) is 0 Å². The van der Waals surface area contributed by atoms with Crippen LogP contribution in [0.25, 0.3) is 0 Å². The highest BCUT2D eigenvalue weighted by atomic mass is 32.2. The molecule has 0 saturated heterocycles. The van der Waals surface area contributed by atoms with Crippen molar-refractivity contribution in [2.24, 2.45) is 0 Å². The van der Waals surface area contributed by atoms with Crippen LogP contribution in [0.3, 0.4) is 0 Å². The second-order valence-electron chi connectivity index (χ2n) is 5.65. The molecule has 0 aromatic heterocycles. The predicted molar refractivity (Wildman–Crippen MR) is 95.6 cm³/mol. The summed E-state index contributed by atoms with van der Waals surface area (Å²) in [5, 5.41) is 5.22. The Bertz CT molecular complexity index is 972. The third-order valence-electron chi connectivity index (χ3n) is 3.79. The Balaban J connectivity index is 1.64. The molecule has 0 radical (unpaired) electrons. The zero-order valence-corrected chi connectivity index (χ0v) is 14.7. The molecule has 8 nitrogen and oxygen atoms in total. The summed E-state index contributed by atoms with van der Waals surface area (Å²) in [7, 11) is -2.37. The van der Waals surface area contributed by atoms with Crippen molar-refractivity contribution < 1.29 is 22.7 Å². The number of hydrogen-bond acceptors (Lipinski definition) is 5. The number of sulfonamides is 1. The van der Waals surface area contributed by atoms with Crippen molar-refractivity contribution in [3.05, 3.63) is 48.0 Å². The quantitative estimate of drug-likeness (QED) is 0.700. The summed E-state index contributed by atoms with van der Waals surface area (Å²) in [6.45, 7) is -0.423. The lowest BCUT2D eigenvalue weighted by molar-refractivity contribution is -0.115. The van der Waals surface area contributed by atoms with Gasteiger partial charge in [-0.1, -0.05) is 6.07 Å². The van der Waals surface area contributed by atoms with E-state index in [1.807, 2.05) is 0 Å². The molecule has 3 N–H and O–H groups in total. The van der Waals surface area contributed by atoms with Crippen molar-refractivity contribution in [2.45, 2.75) is 11.3 Å². The standard InChI is InChI=1S/C17H17N3O5S/c1-25-13-4-2-3-12(9-13)19-17(22)10-18-26(23,24)14-5-6-15-11(7-14)8-16(21)20-15/h2-7,9,18H,8,10H2,1H3,(H,19,22)(H,20,21). The molecule has 3 rings (SSSR count). The molecule has 2 amide bonds. The van der Waals surface area contributed by atoms with Gasteiger partial charge in [0.1, 0.15) is 5.75 Å². The van der Waals surface area contributed by atoms with Gasteiger partial charge in [0, 0.05) is 17.4 Å². The smallest absolute Gasteiger partial charge is 0.241 e. The molecule has 0 saturated carbocycles. The molecule has 0 spiro atoms. The number of hydrogen-bond donors (Lipinski definition) is 3. The van der Waals surface area contributed by atoms with E-state index in [9.17, 15) is 18.0 Å². The van der Waals surface area contributed by atoms with Gasteiger partial charge >= 0.3 is 0 Å². The van der Waals surface area contributed by atoms with Gasteiger partial charge in [-0.25, -0.2) is 13.1 Å². The lowest BCUT2D eigenvalue weighted by Crippen LogP contribution is -2.32. The van der Waals surface area contributed by atoms with Gasteiger partial charge in [-0.2, -0.15) is 0 Å². The van der Waals surface area contributed by atoms with E-state index in [-0.39, 0.29) is 17.2 Å². The fourth-order valence-corrected chi connectivity index (χ4v) is 3.56. The molecule has 0 bridgehead atoms. The highest BCUT2D eigenvalue weighted by Gasteiger charge is 2.22. The molecule has 1 aliphatic rings. The molecule has 136 valence electrons. The average molecular weight is 375 g/mol. The number of nitrogens with one attached hydrogen (secondary N) is 3. The maximum Gasteiger partial charge on any atom is 0.241 e. The minimum absolute atomic E-state index is 0.00179. The third-order valence-corrected chi connectivity index (χ3v) is 5.19. The molecule has 2 aromatic carbocycles. The summed E-state index contributed by atoms with van der Waals surface area (Å²) in [6.07, 6.45) is 0.134. The summed E-state index contributed by atoms with van der Waals surface area (Å²) in [4.78, 5) is 23.3. The van der Waals surface area contributed by atoms with Gasteiger partial charge in [-0.3, -0.25) is 9.59 Å². The van der Waals surface area contributed by atoms with E-state index in [0.29, 0.717) is 22.7 Å². The fraction of sp³-hybridized carbons (Fsp3) is 0.176.